The van der Waals surface area contributed by atoms with Gasteiger partial charge in [0, 0.05) is 25.6 Å². The van der Waals surface area contributed by atoms with Gasteiger partial charge in [0.25, 0.3) is 0 Å². The molecule has 0 spiro atoms. The number of nitrogens with one attached hydrogen (secondary N) is 1. The lowest BCUT2D eigenvalue weighted by atomic mass is 10.1. The molecule has 0 aliphatic heterocycles. The summed E-state index contributed by atoms with van der Waals surface area (Å²) < 4.78 is 8.82. The van der Waals surface area contributed by atoms with Crippen molar-refractivity contribution in [1.82, 2.24) is 15.1 Å². The fourth-order valence-electron chi connectivity index (χ4n) is 2.18. The number of aromatic nitrogens is 2. The SMILES string of the molecule is CCNC(COCC)Cc1c(Br)c(CC)nn1CC. The van der Waals surface area contributed by atoms with E-state index in [1.165, 1.54) is 5.69 Å². The average Bonchev–Trinajstić information content (AvgIpc) is 2.72. The van der Waals surface area contributed by atoms with E-state index in [0.29, 0.717) is 6.04 Å². The Morgan fingerprint density at radius 1 is 1.32 bits per heavy atom. The highest BCUT2D eigenvalue weighted by Crippen LogP contribution is 2.23. The standard InChI is InChI=1S/C14H26BrN3O/c1-5-12-14(15)13(18(7-3)17-12)9-11(16-6-2)10-19-8-4/h11,16H,5-10H2,1-4H3. The molecule has 1 heterocycles. The van der Waals surface area contributed by atoms with E-state index in [9.17, 15) is 0 Å². The molecule has 1 unspecified atom stereocenters. The van der Waals surface area contributed by atoms with E-state index < -0.39 is 0 Å². The van der Waals surface area contributed by atoms with E-state index in [2.05, 4.69) is 51.8 Å². The van der Waals surface area contributed by atoms with Crippen molar-refractivity contribution in [2.75, 3.05) is 19.8 Å². The van der Waals surface area contributed by atoms with Crippen LogP contribution in [-0.2, 0) is 24.1 Å². The molecule has 1 N–H and O–H groups in total. The van der Waals surface area contributed by atoms with Crippen molar-refractivity contribution in [2.24, 2.45) is 0 Å². The van der Waals surface area contributed by atoms with Crippen LogP contribution in [-0.4, -0.2) is 35.6 Å². The number of halogens is 1. The van der Waals surface area contributed by atoms with Gasteiger partial charge in [0.15, 0.2) is 0 Å². The summed E-state index contributed by atoms with van der Waals surface area (Å²) >= 11 is 3.70. The first-order valence-corrected chi connectivity index (χ1v) is 8.02. The molecule has 0 radical (unpaired) electrons. The summed E-state index contributed by atoms with van der Waals surface area (Å²) in [5.41, 5.74) is 2.41. The smallest absolute Gasteiger partial charge is 0.0766 e. The van der Waals surface area contributed by atoms with Gasteiger partial charge in [-0.2, -0.15) is 5.10 Å². The zero-order valence-electron chi connectivity index (χ0n) is 12.5. The third-order valence-corrected chi connectivity index (χ3v) is 4.07. The van der Waals surface area contributed by atoms with Gasteiger partial charge in [-0.1, -0.05) is 13.8 Å². The zero-order chi connectivity index (χ0) is 14.3. The van der Waals surface area contributed by atoms with Crippen LogP contribution in [0.3, 0.4) is 0 Å². The van der Waals surface area contributed by atoms with Gasteiger partial charge in [0.2, 0.25) is 0 Å². The van der Waals surface area contributed by atoms with Crippen molar-refractivity contribution in [3.05, 3.63) is 15.9 Å². The molecule has 0 aliphatic carbocycles. The number of rotatable bonds is 9. The van der Waals surface area contributed by atoms with Crippen molar-refractivity contribution in [2.45, 2.75) is 53.1 Å². The summed E-state index contributed by atoms with van der Waals surface area (Å²) in [6, 6.07) is 0.341. The first-order valence-electron chi connectivity index (χ1n) is 7.22. The van der Waals surface area contributed by atoms with Gasteiger partial charge in [-0.3, -0.25) is 4.68 Å². The number of nitrogens with zero attached hydrogens (tertiary/aromatic N) is 2. The van der Waals surface area contributed by atoms with E-state index in [1.807, 2.05) is 6.92 Å². The van der Waals surface area contributed by atoms with Crippen LogP contribution in [0.4, 0.5) is 0 Å². The molecular weight excluding hydrogens is 306 g/mol. The third-order valence-electron chi connectivity index (χ3n) is 3.15. The van der Waals surface area contributed by atoms with E-state index in [4.69, 9.17) is 4.74 Å². The molecule has 1 atom stereocenters. The largest absolute Gasteiger partial charge is 0.380 e. The molecule has 0 bridgehead atoms. The van der Waals surface area contributed by atoms with Crippen LogP contribution in [0.5, 0.6) is 0 Å². The second kappa shape index (κ2) is 8.72. The Kier molecular flexibility index (Phi) is 7.64. The molecule has 0 fully saturated rings. The van der Waals surface area contributed by atoms with Crippen LogP contribution >= 0.6 is 15.9 Å². The summed E-state index contributed by atoms with van der Waals surface area (Å²) in [5.74, 6) is 0. The Labute approximate surface area is 125 Å². The van der Waals surface area contributed by atoms with Gasteiger partial charge >= 0.3 is 0 Å². The lowest BCUT2D eigenvalue weighted by molar-refractivity contribution is 0.122. The lowest BCUT2D eigenvalue weighted by Gasteiger charge is -2.18. The Bertz CT molecular complexity index is 379. The average molecular weight is 332 g/mol. The fourth-order valence-corrected chi connectivity index (χ4v) is 2.91. The number of hydrogen-bond acceptors (Lipinski definition) is 3. The number of hydrogen-bond donors (Lipinski definition) is 1. The van der Waals surface area contributed by atoms with E-state index in [1.54, 1.807) is 0 Å². The maximum atomic E-state index is 5.56. The molecule has 1 rings (SSSR count). The molecule has 0 amide bonds. The zero-order valence-corrected chi connectivity index (χ0v) is 14.1. The molecular formula is C14H26BrN3O. The minimum atomic E-state index is 0.341. The van der Waals surface area contributed by atoms with Gasteiger partial charge in [-0.25, -0.2) is 0 Å². The monoisotopic (exact) mass is 331 g/mol. The minimum Gasteiger partial charge on any atom is -0.380 e. The third kappa shape index (κ3) is 4.58. The van der Waals surface area contributed by atoms with Gasteiger partial charge in [0.05, 0.1) is 22.5 Å². The van der Waals surface area contributed by atoms with Gasteiger partial charge in [-0.15, -0.1) is 0 Å². The van der Waals surface area contributed by atoms with E-state index in [0.717, 1.165) is 49.3 Å². The quantitative estimate of drug-likeness (QED) is 0.756. The van der Waals surface area contributed by atoms with Crippen LogP contribution in [0.1, 0.15) is 39.1 Å². The molecule has 0 saturated carbocycles. The summed E-state index contributed by atoms with van der Waals surface area (Å²) in [5, 5.41) is 8.13. The topological polar surface area (TPSA) is 39.1 Å². The fraction of sp³-hybridized carbons (Fsp3) is 0.786. The predicted molar refractivity (Wildman–Crippen MR) is 82.6 cm³/mol. The van der Waals surface area contributed by atoms with Gasteiger partial charge in [0.1, 0.15) is 0 Å². The summed E-state index contributed by atoms with van der Waals surface area (Å²) in [7, 11) is 0. The second-order valence-corrected chi connectivity index (χ2v) is 5.29. The summed E-state index contributed by atoms with van der Waals surface area (Å²) in [6.45, 7) is 11.8. The van der Waals surface area contributed by atoms with Gasteiger partial charge in [-0.05, 0) is 42.7 Å². The van der Waals surface area contributed by atoms with Crippen molar-refractivity contribution < 1.29 is 4.74 Å². The Balaban J connectivity index is 2.84. The number of likely N-dealkylation sites (N-methyl/N-ethyl adjacent to an activating group) is 1. The first-order chi connectivity index (χ1) is 9.17. The maximum absolute atomic E-state index is 5.56. The van der Waals surface area contributed by atoms with Crippen LogP contribution in [0, 0.1) is 0 Å². The van der Waals surface area contributed by atoms with Crippen LogP contribution in [0.2, 0.25) is 0 Å². The molecule has 4 nitrogen and oxygen atoms in total. The number of aryl methyl sites for hydroxylation is 2. The summed E-state index contributed by atoms with van der Waals surface area (Å²) in [6.07, 6.45) is 1.90. The molecule has 0 saturated heterocycles. The predicted octanol–water partition coefficient (Wildman–Crippen LogP) is 2.79. The minimum absolute atomic E-state index is 0.341. The van der Waals surface area contributed by atoms with E-state index >= 15 is 0 Å². The van der Waals surface area contributed by atoms with Crippen LogP contribution < -0.4 is 5.32 Å². The van der Waals surface area contributed by atoms with Crippen molar-refractivity contribution in [3.63, 3.8) is 0 Å². The van der Waals surface area contributed by atoms with E-state index in [-0.39, 0.29) is 0 Å². The van der Waals surface area contributed by atoms with Crippen LogP contribution in [0.25, 0.3) is 0 Å². The molecule has 0 aromatic carbocycles. The van der Waals surface area contributed by atoms with Crippen molar-refractivity contribution >= 4 is 15.9 Å². The molecule has 19 heavy (non-hydrogen) atoms. The number of ether oxygens (including phenoxy) is 1. The highest BCUT2D eigenvalue weighted by atomic mass is 79.9. The Hall–Kier alpha value is -0.390. The Morgan fingerprint density at radius 2 is 2.05 bits per heavy atom. The first kappa shape index (κ1) is 16.7. The normalized spacial score (nSPS) is 12.9. The lowest BCUT2D eigenvalue weighted by Crippen LogP contribution is -2.36. The highest BCUT2D eigenvalue weighted by molar-refractivity contribution is 9.10. The molecule has 1 aromatic heterocycles. The second-order valence-electron chi connectivity index (χ2n) is 4.49. The molecule has 0 aliphatic rings. The van der Waals surface area contributed by atoms with Crippen LogP contribution in [0.15, 0.2) is 4.47 Å². The molecule has 1 aromatic rings. The highest BCUT2D eigenvalue weighted by Gasteiger charge is 2.18. The Morgan fingerprint density at radius 3 is 2.58 bits per heavy atom. The maximum Gasteiger partial charge on any atom is 0.0766 e. The summed E-state index contributed by atoms with van der Waals surface area (Å²) in [4.78, 5) is 0. The van der Waals surface area contributed by atoms with Crippen molar-refractivity contribution in [3.8, 4) is 0 Å². The molecule has 5 heteroatoms. The molecule has 110 valence electrons. The van der Waals surface area contributed by atoms with Gasteiger partial charge < -0.3 is 10.1 Å². The van der Waals surface area contributed by atoms with Crippen molar-refractivity contribution in [1.29, 1.82) is 0 Å².